The van der Waals surface area contributed by atoms with Gasteiger partial charge in [-0.3, -0.25) is 19.2 Å². The molecule has 0 bridgehead atoms. The smallest absolute Gasteiger partial charge is 0.328 e. The summed E-state index contributed by atoms with van der Waals surface area (Å²) < 4.78 is 0. The van der Waals surface area contributed by atoms with E-state index in [-0.39, 0.29) is 18.1 Å². The summed E-state index contributed by atoms with van der Waals surface area (Å²) in [6.45, 7) is 2.50. The number of phenols is 1. The van der Waals surface area contributed by atoms with Gasteiger partial charge < -0.3 is 42.7 Å². The number of aromatic hydroxyl groups is 1. The third-order valence-corrected chi connectivity index (χ3v) is 4.87. The van der Waals surface area contributed by atoms with Crippen molar-refractivity contribution in [2.75, 3.05) is 6.61 Å². The Morgan fingerprint density at radius 1 is 0.882 bits per heavy atom. The number of aliphatic hydroxyl groups excluding tert-OH is 1. The van der Waals surface area contributed by atoms with Crippen LogP contribution in [0.4, 0.5) is 0 Å². The highest BCUT2D eigenvalue weighted by molar-refractivity contribution is 5.96. The zero-order valence-corrected chi connectivity index (χ0v) is 18.9. The lowest BCUT2D eigenvalue weighted by molar-refractivity contribution is -0.143. The van der Waals surface area contributed by atoms with Gasteiger partial charge in [0.1, 0.15) is 23.9 Å². The minimum atomic E-state index is -1.67. The number of hydrogen-bond acceptors (Lipinski definition) is 8. The van der Waals surface area contributed by atoms with Gasteiger partial charge in [0, 0.05) is 6.42 Å². The third-order valence-electron chi connectivity index (χ3n) is 4.87. The van der Waals surface area contributed by atoms with Gasteiger partial charge in [0.15, 0.2) is 0 Å². The molecule has 0 saturated carbocycles. The second-order valence-corrected chi connectivity index (χ2v) is 8.02. The largest absolute Gasteiger partial charge is 0.508 e. The molecule has 13 nitrogen and oxygen atoms in total. The predicted molar refractivity (Wildman–Crippen MR) is 119 cm³/mol. The monoisotopic (exact) mass is 481 g/mol. The van der Waals surface area contributed by atoms with Crippen molar-refractivity contribution < 1.29 is 39.3 Å². The van der Waals surface area contributed by atoms with Gasteiger partial charge in [0.2, 0.25) is 23.6 Å². The van der Waals surface area contributed by atoms with Gasteiger partial charge in [-0.15, -0.1) is 0 Å². The van der Waals surface area contributed by atoms with Gasteiger partial charge >= 0.3 is 5.97 Å². The fourth-order valence-corrected chi connectivity index (χ4v) is 2.79. The van der Waals surface area contributed by atoms with E-state index < -0.39 is 66.8 Å². The minimum absolute atomic E-state index is 0.00863. The van der Waals surface area contributed by atoms with Crippen molar-refractivity contribution in [1.29, 1.82) is 0 Å². The molecule has 0 aliphatic heterocycles. The molecule has 1 rings (SSSR count). The normalized spacial score (nSPS) is 14.4. The molecule has 4 unspecified atom stereocenters. The fraction of sp³-hybridized carbons (Fsp3) is 0.476. The number of carbonyl (C=O) groups excluding carboxylic acids is 4. The Morgan fingerprint density at radius 3 is 1.85 bits per heavy atom. The number of aliphatic hydroxyl groups is 1. The summed E-state index contributed by atoms with van der Waals surface area (Å²) in [5, 5.41) is 34.4. The molecule has 0 radical (unpaired) electrons. The van der Waals surface area contributed by atoms with Crippen LogP contribution in [0.1, 0.15) is 25.8 Å². The first-order valence-corrected chi connectivity index (χ1v) is 10.4. The van der Waals surface area contributed by atoms with E-state index in [4.69, 9.17) is 21.7 Å². The molecule has 0 aliphatic carbocycles. The first-order valence-electron chi connectivity index (χ1n) is 10.4. The Morgan fingerprint density at radius 2 is 1.38 bits per heavy atom. The van der Waals surface area contributed by atoms with Gasteiger partial charge in [-0.1, -0.05) is 26.0 Å². The Bertz CT molecular complexity index is 890. The number of nitrogens with two attached hydrogens (primary N) is 2. The number of phenolic OH excluding ortho intramolecular Hbond substituents is 1. The summed E-state index contributed by atoms with van der Waals surface area (Å²) in [5.74, 6) is -5.30. The highest BCUT2D eigenvalue weighted by Gasteiger charge is 2.31. The van der Waals surface area contributed by atoms with Crippen molar-refractivity contribution in [3.63, 3.8) is 0 Å². The minimum Gasteiger partial charge on any atom is -0.508 e. The van der Waals surface area contributed by atoms with Gasteiger partial charge in [0.05, 0.1) is 19.1 Å². The number of carbonyl (C=O) groups is 5. The second-order valence-electron chi connectivity index (χ2n) is 8.02. The van der Waals surface area contributed by atoms with Crippen molar-refractivity contribution >= 4 is 29.6 Å². The lowest BCUT2D eigenvalue weighted by Crippen LogP contribution is -2.58. The maximum absolute atomic E-state index is 13.0. The second kappa shape index (κ2) is 13.1. The van der Waals surface area contributed by atoms with Crippen molar-refractivity contribution in [1.82, 2.24) is 16.0 Å². The Kier molecular flexibility index (Phi) is 10.9. The van der Waals surface area contributed by atoms with Gasteiger partial charge in [-0.25, -0.2) is 4.79 Å². The molecule has 0 fully saturated rings. The topological polar surface area (TPSA) is 234 Å². The number of nitrogens with one attached hydrogen (secondary N) is 3. The van der Waals surface area contributed by atoms with Gasteiger partial charge in [-0.2, -0.15) is 0 Å². The molecule has 188 valence electrons. The Hall–Kier alpha value is -3.71. The van der Waals surface area contributed by atoms with E-state index in [1.165, 1.54) is 24.3 Å². The molecule has 0 aliphatic rings. The van der Waals surface area contributed by atoms with Crippen LogP contribution in [0.3, 0.4) is 0 Å². The average Bonchev–Trinajstić information content (AvgIpc) is 2.76. The maximum Gasteiger partial charge on any atom is 0.328 e. The van der Waals surface area contributed by atoms with Crippen LogP contribution in [0.5, 0.6) is 5.75 Å². The molecule has 10 N–H and O–H groups in total. The van der Waals surface area contributed by atoms with Gasteiger partial charge in [-0.05, 0) is 23.6 Å². The zero-order valence-electron chi connectivity index (χ0n) is 18.9. The molecular weight excluding hydrogens is 450 g/mol. The molecule has 0 saturated heterocycles. The summed E-state index contributed by atoms with van der Waals surface area (Å²) >= 11 is 0. The standard InChI is InChI=1S/C21H31N5O8/c1-10(2)17(23)20(32)25-13(7-11-3-5-12(28)6-4-11)18(30)24-14(8-16(22)29)19(31)26-15(9-27)21(33)34/h3-6,10,13-15,17,27-28H,7-9,23H2,1-2H3,(H2,22,29)(H,24,30)(H,25,32)(H,26,31)(H,33,34). The van der Waals surface area contributed by atoms with Crippen molar-refractivity contribution in [2.45, 2.75) is 50.9 Å². The van der Waals surface area contributed by atoms with Gasteiger partial charge in [0.25, 0.3) is 0 Å². The van der Waals surface area contributed by atoms with Crippen LogP contribution in [-0.2, 0) is 30.4 Å². The number of benzene rings is 1. The first-order chi connectivity index (χ1) is 15.8. The number of carboxylic acid groups (broad SMARTS) is 1. The molecule has 13 heteroatoms. The number of carboxylic acids is 1. The van der Waals surface area contributed by atoms with E-state index in [0.717, 1.165) is 0 Å². The van der Waals surface area contributed by atoms with Crippen molar-refractivity contribution in [2.24, 2.45) is 17.4 Å². The zero-order chi connectivity index (χ0) is 26.0. The van der Waals surface area contributed by atoms with Crippen LogP contribution >= 0.6 is 0 Å². The Labute approximate surface area is 195 Å². The highest BCUT2D eigenvalue weighted by atomic mass is 16.4. The number of aliphatic carboxylic acids is 1. The lowest BCUT2D eigenvalue weighted by atomic mass is 10.0. The summed E-state index contributed by atoms with van der Waals surface area (Å²) in [5.41, 5.74) is 11.6. The van der Waals surface area contributed by atoms with Crippen LogP contribution in [0.25, 0.3) is 0 Å². The van der Waals surface area contributed by atoms with E-state index >= 15 is 0 Å². The molecule has 0 spiro atoms. The summed E-state index contributed by atoms with van der Waals surface area (Å²) in [7, 11) is 0. The Balaban J connectivity index is 3.13. The predicted octanol–water partition coefficient (Wildman–Crippen LogP) is -2.68. The summed E-state index contributed by atoms with van der Waals surface area (Å²) in [4.78, 5) is 60.5. The van der Waals surface area contributed by atoms with Crippen molar-refractivity contribution in [3.8, 4) is 5.75 Å². The summed E-state index contributed by atoms with van der Waals surface area (Å²) in [6, 6.07) is 0.408. The number of primary amides is 1. The molecule has 4 atom stereocenters. The number of rotatable bonds is 13. The van der Waals surface area contributed by atoms with Crippen LogP contribution in [-0.4, -0.2) is 75.7 Å². The first kappa shape index (κ1) is 28.3. The fourth-order valence-electron chi connectivity index (χ4n) is 2.79. The number of amides is 4. The van der Waals surface area contributed by atoms with Crippen molar-refractivity contribution in [3.05, 3.63) is 29.8 Å². The maximum atomic E-state index is 13.0. The van der Waals surface area contributed by atoms with Crippen LogP contribution in [0.15, 0.2) is 24.3 Å². The van der Waals surface area contributed by atoms with Crippen LogP contribution in [0, 0.1) is 5.92 Å². The third kappa shape index (κ3) is 9.03. The molecule has 34 heavy (non-hydrogen) atoms. The molecule has 0 heterocycles. The van der Waals surface area contributed by atoms with Crippen LogP contribution < -0.4 is 27.4 Å². The van der Waals surface area contributed by atoms with E-state index in [2.05, 4.69) is 10.6 Å². The number of hydrogen-bond donors (Lipinski definition) is 8. The molecule has 1 aromatic rings. The van der Waals surface area contributed by atoms with Crippen LogP contribution in [0.2, 0.25) is 0 Å². The lowest BCUT2D eigenvalue weighted by Gasteiger charge is -2.25. The van der Waals surface area contributed by atoms with E-state index in [0.29, 0.717) is 5.56 Å². The molecular formula is C21H31N5O8. The summed E-state index contributed by atoms with van der Waals surface area (Å²) in [6.07, 6.45) is -0.720. The SMILES string of the molecule is CC(C)C(N)C(=O)NC(Cc1ccc(O)cc1)C(=O)NC(CC(N)=O)C(=O)NC(CO)C(=O)O. The quantitative estimate of drug-likeness (QED) is 0.146. The highest BCUT2D eigenvalue weighted by Crippen LogP contribution is 2.12. The molecule has 4 amide bonds. The van der Waals surface area contributed by atoms with E-state index in [1.807, 2.05) is 5.32 Å². The van der Waals surface area contributed by atoms with E-state index in [9.17, 15) is 29.1 Å². The molecule has 0 aromatic heterocycles. The van der Waals surface area contributed by atoms with E-state index in [1.54, 1.807) is 13.8 Å². The average molecular weight is 482 g/mol. The molecule has 1 aromatic carbocycles.